The van der Waals surface area contributed by atoms with Gasteiger partial charge < -0.3 is 65.1 Å². The van der Waals surface area contributed by atoms with Crippen molar-refractivity contribution in [3.63, 3.8) is 0 Å². The maximum Gasteiger partial charge on any atom is 0.220 e. The quantitative estimate of drug-likeness (QED) is 0.0204. The Balaban J connectivity index is 1.64. The molecule has 0 aromatic carbocycles. The van der Waals surface area contributed by atoms with E-state index in [1.54, 1.807) is 6.08 Å². The molecule has 85 heavy (non-hydrogen) atoms. The number of carbonyl (C=O) groups is 1. The first-order valence-corrected chi connectivity index (χ1v) is 31.5. The molecule has 0 aromatic heterocycles. The third-order valence-corrected chi connectivity index (χ3v) is 13.8. The van der Waals surface area contributed by atoms with Crippen molar-refractivity contribution in [2.24, 2.45) is 0 Å². The summed E-state index contributed by atoms with van der Waals surface area (Å²) in [5.41, 5.74) is 0. The first-order valence-electron chi connectivity index (χ1n) is 31.5. The highest BCUT2D eigenvalue weighted by Gasteiger charge is 2.51. The molecular weight excluding hydrogens is 1070 g/mol. The lowest BCUT2D eigenvalue weighted by molar-refractivity contribution is -0.359. The summed E-state index contributed by atoms with van der Waals surface area (Å²) in [5, 5.41) is 86.8. The first-order chi connectivity index (χ1) is 41.6. The van der Waals surface area contributed by atoms with Gasteiger partial charge in [0.25, 0.3) is 0 Å². The molecule has 0 radical (unpaired) electrons. The van der Waals surface area contributed by atoms with E-state index in [0.717, 1.165) is 128 Å². The highest BCUT2D eigenvalue weighted by Crippen LogP contribution is 2.30. The Hall–Kier alpha value is -4.91. The Morgan fingerprint density at radius 2 is 0.788 bits per heavy atom. The van der Waals surface area contributed by atoms with E-state index in [1.165, 1.54) is 0 Å². The van der Waals surface area contributed by atoms with Crippen LogP contribution in [0.25, 0.3) is 0 Å². The minimum Gasteiger partial charge on any atom is -0.394 e. The number of hydrogen-bond acceptors (Lipinski definition) is 13. The fraction of sp³-hybridized carbons (Fsp3) is 0.563. The molecule has 2 fully saturated rings. The van der Waals surface area contributed by atoms with E-state index in [-0.39, 0.29) is 18.9 Å². The molecule has 0 bridgehead atoms. The molecule has 14 nitrogen and oxygen atoms in total. The molecule has 2 rings (SSSR count). The molecule has 2 heterocycles. The van der Waals surface area contributed by atoms with Gasteiger partial charge in [-0.15, -0.1) is 0 Å². The van der Waals surface area contributed by atoms with Crippen LogP contribution in [0.3, 0.4) is 0 Å². The number of amides is 1. The van der Waals surface area contributed by atoms with Gasteiger partial charge in [0.1, 0.15) is 48.8 Å². The van der Waals surface area contributed by atoms with Crippen LogP contribution < -0.4 is 5.32 Å². The van der Waals surface area contributed by atoms with Crippen LogP contribution in [-0.4, -0.2) is 140 Å². The SMILES string of the molecule is CC/C=C\C/C=C\C/C=C\C/C=C\C/C=C\C/C=C\C/C=C\C/C=C\C/C=C\C/C=C\C/C=C\C/C=C\CCCCCCC(=O)NC(COC1OC(CO)C(OC2OC(CO)C(O)C(O)C2O)C(O)C1O)C(O)/C=C/CC/C=C/CC/C=C/CC. The van der Waals surface area contributed by atoms with Gasteiger partial charge in [0.15, 0.2) is 12.6 Å². The number of ether oxygens (including phenoxy) is 4. The van der Waals surface area contributed by atoms with Crippen LogP contribution in [0.4, 0.5) is 0 Å². The molecule has 12 unspecified atom stereocenters. The molecule has 14 heteroatoms. The summed E-state index contributed by atoms with van der Waals surface area (Å²) in [6.45, 7) is 2.46. The molecule has 2 saturated heterocycles. The van der Waals surface area contributed by atoms with E-state index in [0.29, 0.717) is 12.8 Å². The first kappa shape index (κ1) is 76.2. The number of carbonyl (C=O) groups excluding carboxylic acids is 1. The Bertz CT molecular complexity index is 2130. The molecular formula is C71H109NO13. The molecule has 0 aromatic rings. The molecule has 9 N–H and O–H groups in total. The Morgan fingerprint density at radius 1 is 0.424 bits per heavy atom. The Labute approximate surface area is 510 Å². The van der Waals surface area contributed by atoms with E-state index in [1.807, 2.05) is 6.08 Å². The number of allylic oxidation sites excluding steroid dienone is 29. The van der Waals surface area contributed by atoms with Crippen LogP contribution in [0.15, 0.2) is 182 Å². The van der Waals surface area contributed by atoms with Crippen LogP contribution in [0, 0.1) is 0 Å². The van der Waals surface area contributed by atoms with Crippen molar-refractivity contribution in [1.82, 2.24) is 5.32 Å². The van der Waals surface area contributed by atoms with E-state index in [4.69, 9.17) is 18.9 Å². The second kappa shape index (κ2) is 53.3. The van der Waals surface area contributed by atoms with Gasteiger partial charge in [-0.2, -0.15) is 0 Å². The topological polar surface area (TPSA) is 228 Å². The predicted octanol–water partition coefficient (Wildman–Crippen LogP) is 11.8. The molecule has 2 aliphatic heterocycles. The number of aliphatic hydroxyl groups is 8. The van der Waals surface area contributed by atoms with Crippen LogP contribution in [-0.2, 0) is 23.7 Å². The lowest BCUT2D eigenvalue weighted by Crippen LogP contribution is -2.65. The van der Waals surface area contributed by atoms with Crippen molar-refractivity contribution in [2.45, 2.75) is 235 Å². The molecule has 1 amide bonds. The standard InChI is InChI=1S/C71H109NO13/c1-3-5-7-9-11-13-15-16-17-18-19-20-21-22-23-24-25-26-27-28-29-30-31-32-33-34-35-36-37-38-39-40-41-42-43-44-45-47-49-51-53-55-63(76)72-59(60(75)54-52-50-48-46-14-12-10-8-6-4-2)58-82-70-68(81)66(79)69(62(57-74)84-70)85-71-67(80)65(78)64(77)61(56-73)83-71/h5-8,11,13-14,16-17,19-20,22-23,25-26,28-29,31-32,34-35,37-38,40-41,43-44,46,52,54,59-62,64-71,73-75,77-81H,3-4,9-10,12,15,18,21,24,27,30,33,36,39,42,45,47-51,53,55-58H2,1-2H3,(H,72,76)/b7-5-,8-6+,13-11-,17-16-,20-19-,23-22-,26-25-,29-28-,32-31-,35-34-,38-37-,41-40-,44-43-,46-14+,54-52+. The van der Waals surface area contributed by atoms with Crippen LogP contribution >= 0.6 is 0 Å². The molecule has 2 aliphatic rings. The van der Waals surface area contributed by atoms with Gasteiger partial charge in [0.05, 0.1) is 32.0 Å². The van der Waals surface area contributed by atoms with Gasteiger partial charge in [-0.1, -0.05) is 209 Å². The van der Waals surface area contributed by atoms with Crippen LogP contribution in [0.2, 0.25) is 0 Å². The summed E-state index contributed by atoms with van der Waals surface area (Å²) >= 11 is 0. The average Bonchev–Trinajstić information content (AvgIpc) is 2.93. The van der Waals surface area contributed by atoms with Gasteiger partial charge in [-0.3, -0.25) is 4.79 Å². The number of rotatable bonds is 47. The summed E-state index contributed by atoms with van der Waals surface area (Å²) in [7, 11) is 0. The highest BCUT2D eigenvalue weighted by molar-refractivity contribution is 5.76. The van der Waals surface area contributed by atoms with Crippen LogP contribution in [0.5, 0.6) is 0 Å². The second-order valence-electron chi connectivity index (χ2n) is 21.0. The minimum atomic E-state index is -1.80. The van der Waals surface area contributed by atoms with Gasteiger partial charge in [-0.05, 0) is 128 Å². The van der Waals surface area contributed by atoms with Crippen LogP contribution in [0.1, 0.15) is 162 Å². The number of hydrogen-bond donors (Lipinski definition) is 9. The second-order valence-corrected chi connectivity index (χ2v) is 21.0. The molecule has 0 spiro atoms. The number of unbranched alkanes of at least 4 members (excludes halogenated alkanes) is 6. The average molecular weight is 1180 g/mol. The summed E-state index contributed by atoms with van der Waals surface area (Å²) in [6.07, 6.45) is 68.3. The van der Waals surface area contributed by atoms with E-state index in [2.05, 4.69) is 189 Å². The third kappa shape index (κ3) is 38.1. The molecule has 0 aliphatic carbocycles. The zero-order chi connectivity index (χ0) is 61.6. The van der Waals surface area contributed by atoms with Gasteiger partial charge in [0, 0.05) is 6.42 Å². The fourth-order valence-electron chi connectivity index (χ4n) is 8.84. The summed E-state index contributed by atoms with van der Waals surface area (Å²) in [4.78, 5) is 13.2. The predicted molar refractivity (Wildman–Crippen MR) is 345 cm³/mol. The van der Waals surface area contributed by atoms with Gasteiger partial charge in [0.2, 0.25) is 5.91 Å². The van der Waals surface area contributed by atoms with Crippen molar-refractivity contribution < 1.29 is 64.6 Å². The van der Waals surface area contributed by atoms with E-state index in [9.17, 15) is 45.6 Å². The fourth-order valence-corrected chi connectivity index (χ4v) is 8.84. The van der Waals surface area contributed by atoms with Gasteiger partial charge in [-0.25, -0.2) is 0 Å². The lowest BCUT2D eigenvalue weighted by Gasteiger charge is -2.46. The third-order valence-electron chi connectivity index (χ3n) is 13.8. The smallest absolute Gasteiger partial charge is 0.220 e. The van der Waals surface area contributed by atoms with Crippen molar-refractivity contribution in [3.8, 4) is 0 Å². The molecule has 0 saturated carbocycles. The zero-order valence-corrected chi connectivity index (χ0v) is 51.3. The van der Waals surface area contributed by atoms with E-state index < -0.39 is 86.8 Å². The largest absolute Gasteiger partial charge is 0.394 e. The van der Waals surface area contributed by atoms with Crippen molar-refractivity contribution in [2.75, 3.05) is 19.8 Å². The molecule has 12 atom stereocenters. The molecule has 476 valence electrons. The Morgan fingerprint density at radius 3 is 1.24 bits per heavy atom. The summed E-state index contributed by atoms with van der Waals surface area (Å²) in [5.74, 6) is -0.290. The normalized spacial score (nSPS) is 24.8. The number of aliphatic hydroxyl groups excluding tert-OH is 8. The summed E-state index contributed by atoms with van der Waals surface area (Å²) in [6, 6.07) is -0.964. The van der Waals surface area contributed by atoms with Gasteiger partial charge >= 0.3 is 0 Å². The van der Waals surface area contributed by atoms with E-state index >= 15 is 0 Å². The highest BCUT2D eigenvalue weighted by atomic mass is 16.7. The maximum atomic E-state index is 13.2. The van der Waals surface area contributed by atoms with Crippen molar-refractivity contribution in [3.05, 3.63) is 182 Å². The summed E-state index contributed by atoms with van der Waals surface area (Å²) < 4.78 is 22.7. The monoisotopic (exact) mass is 1180 g/mol. The Kier molecular flexibility index (Phi) is 47.8. The zero-order valence-electron chi connectivity index (χ0n) is 51.3. The lowest BCUT2D eigenvalue weighted by atomic mass is 9.97. The maximum absolute atomic E-state index is 13.2. The van der Waals surface area contributed by atoms with Crippen molar-refractivity contribution >= 4 is 5.91 Å². The number of nitrogens with one attached hydrogen (secondary N) is 1. The minimum absolute atomic E-state index is 0.227. The van der Waals surface area contributed by atoms with Crippen molar-refractivity contribution in [1.29, 1.82) is 0 Å².